The van der Waals surface area contributed by atoms with Gasteiger partial charge in [0.15, 0.2) is 0 Å². The van der Waals surface area contributed by atoms with Crippen molar-refractivity contribution in [1.29, 1.82) is 0 Å². The second-order valence-electron chi connectivity index (χ2n) is 5.32. The molecule has 1 aromatic carbocycles. The molecule has 0 spiro atoms. The number of nitrogens with one attached hydrogen (secondary N) is 1. The predicted octanol–water partition coefficient (Wildman–Crippen LogP) is 2.72. The van der Waals surface area contributed by atoms with Crippen LogP contribution in [0.25, 0.3) is 0 Å². The molecular weight excluding hydrogens is 194 g/mol. The average molecular weight is 215 g/mol. The zero-order valence-corrected chi connectivity index (χ0v) is 9.97. The molecule has 3 rings (SSSR count). The van der Waals surface area contributed by atoms with Gasteiger partial charge in [-0.25, -0.2) is 0 Å². The van der Waals surface area contributed by atoms with Crippen LogP contribution in [0, 0.1) is 5.92 Å². The molecule has 86 valence electrons. The fourth-order valence-corrected chi connectivity index (χ4v) is 3.30. The van der Waals surface area contributed by atoms with Gasteiger partial charge in [-0.15, -0.1) is 0 Å². The van der Waals surface area contributed by atoms with Gasteiger partial charge in [-0.2, -0.15) is 0 Å². The minimum Gasteiger partial charge on any atom is -0.316 e. The molecule has 1 aliphatic carbocycles. The summed E-state index contributed by atoms with van der Waals surface area (Å²) in [5, 5.41) is 3.52. The summed E-state index contributed by atoms with van der Waals surface area (Å²) in [4.78, 5) is 0. The molecule has 1 saturated heterocycles. The van der Waals surface area contributed by atoms with Gasteiger partial charge in [0.25, 0.3) is 0 Å². The van der Waals surface area contributed by atoms with E-state index in [1.165, 1.54) is 51.6 Å². The molecule has 0 aromatic heterocycles. The standard InChI is InChI=1S/C15H21N/c1-5-13-6-2-8-15(13)14(7-1)10-12-4-3-9-16-11-12/h1,5,7,12,16H,2-4,6,8-11H2. The third-order valence-corrected chi connectivity index (χ3v) is 4.15. The van der Waals surface area contributed by atoms with Crippen LogP contribution in [0.5, 0.6) is 0 Å². The number of rotatable bonds is 2. The van der Waals surface area contributed by atoms with Gasteiger partial charge in [0.2, 0.25) is 0 Å². The Morgan fingerprint density at radius 2 is 2.19 bits per heavy atom. The highest BCUT2D eigenvalue weighted by Gasteiger charge is 2.18. The van der Waals surface area contributed by atoms with Crippen LogP contribution in [0.1, 0.15) is 36.0 Å². The summed E-state index contributed by atoms with van der Waals surface area (Å²) in [6.07, 6.45) is 8.08. The first-order chi connectivity index (χ1) is 7.93. The van der Waals surface area contributed by atoms with Crippen LogP contribution in [0.4, 0.5) is 0 Å². The monoisotopic (exact) mass is 215 g/mol. The van der Waals surface area contributed by atoms with E-state index in [1.54, 1.807) is 16.7 Å². The fraction of sp³-hybridized carbons (Fsp3) is 0.600. The molecule has 1 aliphatic heterocycles. The lowest BCUT2D eigenvalue weighted by molar-refractivity contribution is 0.375. The van der Waals surface area contributed by atoms with Crippen molar-refractivity contribution < 1.29 is 0 Å². The van der Waals surface area contributed by atoms with Gasteiger partial charge in [0.05, 0.1) is 0 Å². The summed E-state index contributed by atoms with van der Waals surface area (Å²) < 4.78 is 0. The summed E-state index contributed by atoms with van der Waals surface area (Å²) >= 11 is 0. The minimum absolute atomic E-state index is 0.876. The summed E-state index contributed by atoms with van der Waals surface area (Å²) in [6.45, 7) is 2.45. The van der Waals surface area contributed by atoms with Crippen LogP contribution in [0.2, 0.25) is 0 Å². The topological polar surface area (TPSA) is 12.0 Å². The van der Waals surface area contributed by atoms with Crippen LogP contribution in [0.15, 0.2) is 18.2 Å². The Kier molecular flexibility index (Phi) is 2.96. The Bertz CT molecular complexity index is 364. The van der Waals surface area contributed by atoms with Gasteiger partial charge < -0.3 is 5.32 Å². The molecule has 1 unspecified atom stereocenters. The number of fused-ring (bicyclic) bond motifs is 1. The zero-order valence-electron chi connectivity index (χ0n) is 9.97. The molecule has 2 aliphatic rings. The second-order valence-corrected chi connectivity index (χ2v) is 5.32. The molecule has 0 bridgehead atoms. The quantitative estimate of drug-likeness (QED) is 0.800. The lowest BCUT2D eigenvalue weighted by Gasteiger charge is -2.23. The van der Waals surface area contributed by atoms with E-state index < -0.39 is 0 Å². The summed E-state index contributed by atoms with van der Waals surface area (Å²) in [5.74, 6) is 0.876. The van der Waals surface area contributed by atoms with Crippen LogP contribution >= 0.6 is 0 Å². The second kappa shape index (κ2) is 4.58. The molecule has 16 heavy (non-hydrogen) atoms. The highest BCUT2D eigenvalue weighted by Crippen LogP contribution is 2.28. The summed E-state index contributed by atoms with van der Waals surface area (Å²) in [5.41, 5.74) is 4.96. The first kappa shape index (κ1) is 10.3. The molecule has 1 aromatic rings. The van der Waals surface area contributed by atoms with Gasteiger partial charge in [-0.1, -0.05) is 18.2 Å². The van der Waals surface area contributed by atoms with Crippen molar-refractivity contribution in [2.75, 3.05) is 13.1 Å². The molecule has 1 atom stereocenters. The van der Waals surface area contributed by atoms with Crippen LogP contribution in [-0.4, -0.2) is 13.1 Å². The van der Waals surface area contributed by atoms with E-state index in [1.807, 2.05) is 0 Å². The highest BCUT2D eigenvalue weighted by atomic mass is 14.9. The van der Waals surface area contributed by atoms with E-state index in [0.29, 0.717) is 0 Å². The molecule has 0 saturated carbocycles. The molecule has 1 fully saturated rings. The minimum atomic E-state index is 0.876. The average Bonchev–Trinajstić information content (AvgIpc) is 2.80. The van der Waals surface area contributed by atoms with E-state index in [2.05, 4.69) is 23.5 Å². The SMILES string of the molecule is c1cc2c(c(CC3CCCNC3)c1)CCC2. The molecule has 1 nitrogen and oxygen atoms in total. The lowest BCUT2D eigenvalue weighted by Crippen LogP contribution is -2.31. The molecular formula is C15H21N. The zero-order chi connectivity index (χ0) is 10.8. The maximum Gasteiger partial charge on any atom is -0.00173 e. The van der Waals surface area contributed by atoms with Crippen molar-refractivity contribution in [3.05, 3.63) is 34.9 Å². The fourth-order valence-electron chi connectivity index (χ4n) is 3.30. The van der Waals surface area contributed by atoms with Crippen LogP contribution in [-0.2, 0) is 19.3 Å². The lowest BCUT2D eigenvalue weighted by atomic mass is 9.89. The van der Waals surface area contributed by atoms with Gasteiger partial charge >= 0.3 is 0 Å². The van der Waals surface area contributed by atoms with Crippen molar-refractivity contribution in [3.8, 4) is 0 Å². The molecule has 1 heteroatoms. The number of hydrogen-bond acceptors (Lipinski definition) is 1. The molecule has 0 radical (unpaired) electrons. The number of hydrogen-bond donors (Lipinski definition) is 1. The maximum absolute atomic E-state index is 3.52. The molecule has 1 heterocycles. The Morgan fingerprint density at radius 1 is 1.19 bits per heavy atom. The number of benzene rings is 1. The smallest absolute Gasteiger partial charge is 0.00173 e. The van der Waals surface area contributed by atoms with Gasteiger partial charge in [0, 0.05) is 0 Å². The van der Waals surface area contributed by atoms with Crippen LogP contribution < -0.4 is 5.32 Å². The van der Waals surface area contributed by atoms with Crippen LogP contribution in [0.3, 0.4) is 0 Å². The Balaban J connectivity index is 1.76. The summed E-state index contributed by atoms with van der Waals surface area (Å²) in [6, 6.07) is 6.94. The van der Waals surface area contributed by atoms with E-state index >= 15 is 0 Å². The van der Waals surface area contributed by atoms with Crippen molar-refractivity contribution in [2.24, 2.45) is 5.92 Å². The molecule has 0 amide bonds. The van der Waals surface area contributed by atoms with Gasteiger partial charge in [0.1, 0.15) is 0 Å². The van der Waals surface area contributed by atoms with Crippen molar-refractivity contribution in [3.63, 3.8) is 0 Å². The van der Waals surface area contributed by atoms with Gasteiger partial charge in [-0.05, 0) is 74.2 Å². The van der Waals surface area contributed by atoms with E-state index in [-0.39, 0.29) is 0 Å². The van der Waals surface area contributed by atoms with Crippen molar-refractivity contribution in [2.45, 2.75) is 38.5 Å². The Morgan fingerprint density at radius 3 is 3.06 bits per heavy atom. The molecule has 1 N–H and O–H groups in total. The normalized spacial score (nSPS) is 24.4. The van der Waals surface area contributed by atoms with Gasteiger partial charge in [-0.3, -0.25) is 0 Å². The first-order valence-electron chi connectivity index (χ1n) is 6.74. The van der Waals surface area contributed by atoms with E-state index in [4.69, 9.17) is 0 Å². The van der Waals surface area contributed by atoms with Crippen molar-refractivity contribution >= 4 is 0 Å². The highest BCUT2D eigenvalue weighted by molar-refractivity contribution is 5.38. The third-order valence-electron chi connectivity index (χ3n) is 4.15. The Hall–Kier alpha value is -0.820. The number of aryl methyl sites for hydroxylation is 1. The van der Waals surface area contributed by atoms with Crippen molar-refractivity contribution in [1.82, 2.24) is 5.32 Å². The predicted molar refractivity (Wildman–Crippen MR) is 67.8 cm³/mol. The number of piperidine rings is 1. The maximum atomic E-state index is 3.52. The first-order valence-corrected chi connectivity index (χ1v) is 6.74. The third kappa shape index (κ3) is 2.01. The van der Waals surface area contributed by atoms with E-state index in [9.17, 15) is 0 Å². The Labute approximate surface area is 98.3 Å². The van der Waals surface area contributed by atoms with E-state index in [0.717, 1.165) is 5.92 Å². The summed E-state index contributed by atoms with van der Waals surface area (Å²) in [7, 11) is 0. The largest absolute Gasteiger partial charge is 0.316 e.